The van der Waals surface area contributed by atoms with Gasteiger partial charge in [0.05, 0.1) is 0 Å². The van der Waals surface area contributed by atoms with E-state index in [2.05, 4.69) is 51.1 Å². The zero-order valence-corrected chi connectivity index (χ0v) is 11.6. The fourth-order valence-electron chi connectivity index (χ4n) is 1.37. The monoisotopic (exact) mass is 268 g/mol. The number of hydrogen-bond acceptors (Lipinski definition) is 0. The Kier molecular flexibility index (Phi) is 5.75. The van der Waals surface area contributed by atoms with Crippen LogP contribution in [0.2, 0.25) is 5.32 Å². The van der Waals surface area contributed by atoms with Crippen LogP contribution < -0.4 is 0 Å². The molecule has 0 atom stereocenters. The van der Waals surface area contributed by atoms with E-state index in [0.29, 0.717) is 15.0 Å². The molecule has 0 bridgehead atoms. The van der Waals surface area contributed by atoms with E-state index in [1.165, 1.54) is 29.3 Å². The molecule has 0 aliphatic heterocycles. The van der Waals surface area contributed by atoms with E-state index in [4.69, 9.17) is 0 Å². The summed E-state index contributed by atoms with van der Waals surface area (Å²) < 4.78 is 1.60. The Labute approximate surface area is 99.9 Å². The van der Waals surface area contributed by atoms with E-state index >= 15 is 0 Å². The van der Waals surface area contributed by atoms with Crippen molar-refractivity contribution in [3.05, 3.63) is 40.4 Å². The molecule has 1 heteroatoms. The second kappa shape index (κ2) is 6.87. The zero-order chi connectivity index (χ0) is 11.1. The molecule has 0 nitrogen and oxygen atoms in total. The Bertz CT molecular complexity index is 311. The van der Waals surface area contributed by atoms with Crippen molar-refractivity contribution in [2.45, 2.75) is 38.9 Å². The van der Waals surface area contributed by atoms with Crippen LogP contribution in [0.1, 0.15) is 39.2 Å². The fourth-order valence-corrected chi connectivity index (χ4v) is 3.62. The van der Waals surface area contributed by atoms with Crippen LogP contribution in [0.5, 0.6) is 0 Å². The van der Waals surface area contributed by atoms with Gasteiger partial charge in [-0.05, 0) is 0 Å². The molecule has 0 aliphatic rings. The fraction of sp³-hybridized carbons (Fsp3) is 0.429. The van der Waals surface area contributed by atoms with Gasteiger partial charge in [-0.2, -0.15) is 0 Å². The van der Waals surface area contributed by atoms with Crippen molar-refractivity contribution >= 4 is 20.5 Å². The van der Waals surface area contributed by atoms with Crippen molar-refractivity contribution in [3.63, 3.8) is 0 Å². The summed E-state index contributed by atoms with van der Waals surface area (Å²) in [6, 6.07) is 10.7. The Morgan fingerprint density at radius 3 is 2.40 bits per heavy atom. The van der Waals surface area contributed by atoms with Gasteiger partial charge < -0.3 is 0 Å². The standard InChI is InChI=1S/C14H20Se/c1-4-5-11-15-13(3)12(2)14-9-7-6-8-10-14/h6-10H,4-5,11H2,1-3H3/b13-12+. The molecule has 0 fully saturated rings. The average Bonchev–Trinajstić information content (AvgIpc) is 2.29. The first-order chi connectivity index (χ1) is 7.25. The quantitative estimate of drug-likeness (QED) is 0.549. The second-order valence-electron chi connectivity index (χ2n) is 3.75. The Morgan fingerprint density at radius 1 is 1.13 bits per heavy atom. The molecule has 0 aliphatic carbocycles. The van der Waals surface area contributed by atoms with E-state index < -0.39 is 0 Å². The Morgan fingerprint density at radius 2 is 1.80 bits per heavy atom. The van der Waals surface area contributed by atoms with Crippen LogP contribution >= 0.6 is 0 Å². The summed E-state index contributed by atoms with van der Waals surface area (Å²) in [6.45, 7) is 6.80. The summed E-state index contributed by atoms with van der Waals surface area (Å²) in [6.07, 6.45) is 2.69. The van der Waals surface area contributed by atoms with Crippen molar-refractivity contribution in [2.75, 3.05) is 0 Å². The van der Waals surface area contributed by atoms with Crippen LogP contribution in [0.3, 0.4) is 0 Å². The van der Waals surface area contributed by atoms with Crippen LogP contribution in [-0.2, 0) is 0 Å². The first-order valence-electron chi connectivity index (χ1n) is 5.61. The molecule has 82 valence electrons. The van der Waals surface area contributed by atoms with Crippen LogP contribution in [0.15, 0.2) is 34.8 Å². The summed E-state index contributed by atoms with van der Waals surface area (Å²) >= 11 is 0.690. The predicted molar refractivity (Wildman–Crippen MR) is 70.2 cm³/mol. The molecule has 0 unspecified atom stereocenters. The van der Waals surface area contributed by atoms with E-state index in [-0.39, 0.29) is 0 Å². The molecule has 15 heavy (non-hydrogen) atoms. The van der Waals surface area contributed by atoms with Crippen molar-refractivity contribution in [2.24, 2.45) is 0 Å². The van der Waals surface area contributed by atoms with Crippen LogP contribution in [0.25, 0.3) is 5.57 Å². The van der Waals surface area contributed by atoms with E-state index in [0.717, 1.165) is 0 Å². The van der Waals surface area contributed by atoms with E-state index in [1.807, 2.05) is 0 Å². The molecule has 0 saturated heterocycles. The Hall–Kier alpha value is -0.521. The molecule has 0 saturated carbocycles. The molecule has 0 amide bonds. The zero-order valence-electron chi connectivity index (χ0n) is 9.92. The van der Waals surface area contributed by atoms with Crippen LogP contribution in [0.4, 0.5) is 0 Å². The van der Waals surface area contributed by atoms with Gasteiger partial charge in [0.2, 0.25) is 0 Å². The van der Waals surface area contributed by atoms with Gasteiger partial charge >= 0.3 is 99.8 Å². The maximum absolute atomic E-state index is 2.29. The van der Waals surface area contributed by atoms with Gasteiger partial charge in [0.25, 0.3) is 0 Å². The first kappa shape index (κ1) is 12.5. The minimum atomic E-state index is 0.690. The minimum absolute atomic E-state index is 0.690. The van der Waals surface area contributed by atoms with Gasteiger partial charge in [-0.3, -0.25) is 0 Å². The number of benzene rings is 1. The molecular formula is C14H20Se. The molecule has 0 radical (unpaired) electrons. The Balaban J connectivity index is 2.64. The van der Waals surface area contributed by atoms with Gasteiger partial charge in [-0.1, -0.05) is 0 Å². The van der Waals surface area contributed by atoms with E-state index in [9.17, 15) is 0 Å². The van der Waals surface area contributed by atoms with Gasteiger partial charge in [-0.25, -0.2) is 0 Å². The third-order valence-electron chi connectivity index (χ3n) is 2.55. The topological polar surface area (TPSA) is 0 Å². The molecule has 1 rings (SSSR count). The summed E-state index contributed by atoms with van der Waals surface area (Å²) in [5.74, 6) is 0. The van der Waals surface area contributed by atoms with Crippen molar-refractivity contribution < 1.29 is 0 Å². The predicted octanol–water partition coefficient (Wildman–Crippen LogP) is 4.36. The molecule has 1 aromatic carbocycles. The molecule has 0 spiro atoms. The van der Waals surface area contributed by atoms with E-state index in [1.54, 1.807) is 4.47 Å². The summed E-state index contributed by atoms with van der Waals surface area (Å²) in [7, 11) is 0. The van der Waals surface area contributed by atoms with Crippen LogP contribution in [0, 0.1) is 0 Å². The third kappa shape index (κ3) is 4.24. The number of allylic oxidation sites excluding steroid dienone is 2. The van der Waals surface area contributed by atoms with Crippen LogP contribution in [-0.4, -0.2) is 15.0 Å². The van der Waals surface area contributed by atoms with Gasteiger partial charge in [-0.15, -0.1) is 0 Å². The van der Waals surface area contributed by atoms with Crippen molar-refractivity contribution in [1.82, 2.24) is 0 Å². The average molecular weight is 267 g/mol. The third-order valence-corrected chi connectivity index (χ3v) is 5.14. The van der Waals surface area contributed by atoms with Crippen molar-refractivity contribution in [3.8, 4) is 0 Å². The molecular weight excluding hydrogens is 247 g/mol. The van der Waals surface area contributed by atoms with Gasteiger partial charge in [0.15, 0.2) is 0 Å². The molecule has 1 aromatic rings. The van der Waals surface area contributed by atoms with Gasteiger partial charge in [0.1, 0.15) is 0 Å². The summed E-state index contributed by atoms with van der Waals surface area (Å²) in [4.78, 5) is 0. The van der Waals surface area contributed by atoms with Crippen molar-refractivity contribution in [1.29, 1.82) is 0 Å². The van der Waals surface area contributed by atoms with Gasteiger partial charge in [0, 0.05) is 0 Å². The molecule has 0 heterocycles. The first-order valence-corrected chi connectivity index (χ1v) is 7.68. The number of hydrogen-bond donors (Lipinski definition) is 0. The summed E-state index contributed by atoms with van der Waals surface area (Å²) in [5, 5.41) is 1.39. The molecule has 0 N–H and O–H groups in total. The SMILES string of the molecule is CCCC[Se]/C(C)=C(\C)c1ccccc1. The summed E-state index contributed by atoms with van der Waals surface area (Å²) in [5.41, 5.74) is 2.86. The second-order valence-corrected chi connectivity index (χ2v) is 6.50. The molecule has 0 aromatic heterocycles. The maximum atomic E-state index is 2.29. The normalized spacial score (nSPS) is 12.5. The number of unbranched alkanes of at least 4 members (excludes halogenated alkanes) is 1. The number of rotatable bonds is 5.